The van der Waals surface area contributed by atoms with E-state index in [1.165, 1.54) is 52.6 Å². The lowest BCUT2D eigenvalue weighted by molar-refractivity contribution is 0.627. The molecule has 7 heteroatoms. The molecule has 0 unspecified atom stereocenters. The molecule has 0 bridgehead atoms. The molecule has 0 radical (unpaired) electrons. The van der Waals surface area contributed by atoms with Crippen LogP contribution in [0.2, 0.25) is 0 Å². The van der Waals surface area contributed by atoms with Crippen LogP contribution in [0.15, 0.2) is 48.5 Å². The first-order valence-electron chi connectivity index (χ1n) is 5.72. The summed E-state index contributed by atoms with van der Waals surface area (Å²) < 4.78 is 30.0. The lowest BCUT2D eigenvalue weighted by atomic mass is 10.3. The summed E-state index contributed by atoms with van der Waals surface area (Å²) in [5.41, 5.74) is 1.54. The molecule has 0 heterocycles. The van der Waals surface area contributed by atoms with Crippen LogP contribution < -0.4 is 15.0 Å². The van der Waals surface area contributed by atoms with Gasteiger partial charge in [0, 0.05) is 5.69 Å². The number of rotatable bonds is 6. The monoisotopic (exact) mass is 313 g/mol. The third-order valence-corrected chi connectivity index (χ3v) is 4.13. The van der Waals surface area contributed by atoms with Crippen LogP contribution in [0.4, 0.5) is 20.2 Å². The Morgan fingerprint density at radius 3 is 2.10 bits per heavy atom. The summed E-state index contributed by atoms with van der Waals surface area (Å²) in [6.07, 6.45) is 0. The third-order valence-electron chi connectivity index (χ3n) is 2.37. The molecule has 0 atom stereocenters. The van der Waals surface area contributed by atoms with E-state index in [1.54, 1.807) is 24.3 Å². The summed E-state index contributed by atoms with van der Waals surface area (Å²) in [7, 11) is 0. The van der Waals surface area contributed by atoms with Crippen molar-refractivity contribution in [1.29, 1.82) is 0 Å². The van der Waals surface area contributed by atoms with Gasteiger partial charge in [0.25, 0.3) is 0 Å². The van der Waals surface area contributed by atoms with Crippen molar-refractivity contribution < 1.29 is 8.78 Å². The second-order valence-corrected chi connectivity index (χ2v) is 5.89. The lowest BCUT2D eigenvalue weighted by Crippen LogP contribution is -2.22. The van der Waals surface area contributed by atoms with Crippen LogP contribution in [0.5, 0.6) is 0 Å². The van der Waals surface area contributed by atoms with Crippen LogP contribution in [-0.4, -0.2) is 5.08 Å². The number of hydrogen-bond acceptors (Lipinski definition) is 5. The molecule has 0 saturated carbocycles. The Kier molecular flexibility index (Phi) is 5.51. The minimum absolute atomic E-state index is 0.264. The molecule has 0 aliphatic heterocycles. The summed E-state index contributed by atoms with van der Waals surface area (Å²) in [5, 5.41) is 0.644. The van der Waals surface area contributed by atoms with Crippen molar-refractivity contribution in [3.63, 3.8) is 0 Å². The smallest absolute Gasteiger partial charge is 0.123 e. The number of anilines is 2. The molecule has 2 aromatic rings. The van der Waals surface area contributed by atoms with Gasteiger partial charge in [-0.1, -0.05) is 0 Å². The van der Waals surface area contributed by atoms with Gasteiger partial charge >= 0.3 is 0 Å². The Morgan fingerprint density at radius 2 is 1.50 bits per heavy atom. The number of benzene rings is 2. The zero-order valence-electron chi connectivity index (χ0n) is 10.4. The Hall–Kier alpha value is -1.44. The average Bonchev–Trinajstić information content (AvgIpc) is 2.46. The molecule has 2 aromatic carbocycles. The molecule has 3 N–H and O–H groups in total. The normalized spacial score (nSPS) is 10.3. The largest absolute Gasteiger partial charge is 0.329 e. The average molecular weight is 313 g/mol. The summed E-state index contributed by atoms with van der Waals surface area (Å²) in [6, 6.07) is 12.0. The second kappa shape index (κ2) is 7.37. The molecule has 0 spiro atoms. The van der Waals surface area contributed by atoms with Crippen LogP contribution in [-0.2, 0) is 0 Å². The van der Waals surface area contributed by atoms with Crippen LogP contribution in [0.25, 0.3) is 0 Å². The van der Waals surface area contributed by atoms with Crippen molar-refractivity contribution >= 4 is 35.3 Å². The van der Waals surface area contributed by atoms with E-state index in [0.29, 0.717) is 5.08 Å². The van der Waals surface area contributed by atoms with Crippen LogP contribution in [0.3, 0.4) is 0 Å². The maximum atomic E-state index is 12.8. The molecule has 0 aliphatic rings. The highest BCUT2D eigenvalue weighted by Gasteiger charge is 2.02. The number of nitrogens with two attached hydrogens (primary N) is 1. The van der Waals surface area contributed by atoms with E-state index >= 15 is 0 Å². The van der Waals surface area contributed by atoms with Crippen molar-refractivity contribution in [3.8, 4) is 0 Å². The second-order valence-electron chi connectivity index (χ2n) is 3.80. The zero-order chi connectivity index (χ0) is 14.4. The fourth-order valence-corrected chi connectivity index (χ4v) is 2.85. The van der Waals surface area contributed by atoms with E-state index in [9.17, 15) is 8.78 Å². The molecule has 20 heavy (non-hydrogen) atoms. The van der Waals surface area contributed by atoms with Crippen molar-refractivity contribution in [2.24, 2.45) is 5.84 Å². The van der Waals surface area contributed by atoms with Gasteiger partial charge in [0.15, 0.2) is 0 Å². The molecule has 0 saturated heterocycles. The zero-order valence-corrected chi connectivity index (χ0v) is 12.1. The highest BCUT2D eigenvalue weighted by atomic mass is 32.2. The predicted molar refractivity (Wildman–Crippen MR) is 83.1 cm³/mol. The maximum absolute atomic E-state index is 12.8. The highest BCUT2D eigenvalue weighted by Crippen LogP contribution is 2.23. The van der Waals surface area contributed by atoms with Gasteiger partial charge in [-0.15, -0.1) is 0 Å². The Balaban J connectivity index is 1.72. The minimum atomic E-state index is -0.292. The van der Waals surface area contributed by atoms with Crippen LogP contribution in [0.1, 0.15) is 0 Å². The fraction of sp³-hybridized carbons (Fsp3) is 0.0769. The van der Waals surface area contributed by atoms with Crippen LogP contribution >= 0.6 is 23.9 Å². The van der Waals surface area contributed by atoms with E-state index in [2.05, 4.69) is 4.72 Å². The molecular formula is C13H13F2N3S2. The third kappa shape index (κ3) is 4.59. The first-order chi connectivity index (χ1) is 9.65. The van der Waals surface area contributed by atoms with E-state index in [1.807, 2.05) is 0 Å². The van der Waals surface area contributed by atoms with E-state index < -0.39 is 0 Å². The lowest BCUT2D eigenvalue weighted by Gasteiger charge is -2.16. The topological polar surface area (TPSA) is 41.3 Å². The maximum Gasteiger partial charge on any atom is 0.123 e. The number of nitrogens with zero attached hydrogens (tertiary/aromatic N) is 1. The number of nitrogens with one attached hydrogen (secondary N) is 1. The van der Waals surface area contributed by atoms with Crippen molar-refractivity contribution in [3.05, 3.63) is 60.2 Å². The molecule has 0 aliphatic carbocycles. The fourth-order valence-electron chi connectivity index (χ4n) is 1.38. The van der Waals surface area contributed by atoms with Gasteiger partial charge in [0.2, 0.25) is 0 Å². The van der Waals surface area contributed by atoms with Gasteiger partial charge < -0.3 is 4.72 Å². The van der Waals surface area contributed by atoms with E-state index in [-0.39, 0.29) is 11.6 Å². The highest BCUT2D eigenvalue weighted by molar-refractivity contribution is 8.17. The molecule has 0 fully saturated rings. The minimum Gasteiger partial charge on any atom is -0.329 e. The SMILES string of the molecule is NN(SCSNc1ccc(F)cc1)c1ccc(F)cc1. The van der Waals surface area contributed by atoms with Gasteiger partial charge in [-0.25, -0.2) is 14.6 Å². The molecular weight excluding hydrogens is 300 g/mol. The molecule has 3 nitrogen and oxygen atoms in total. The molecule has 0 amide bonds. The summed E-state index contributed by atoms with van der Waals surface area (Å²) in [6.45, 7) is 0. The van der Waals surface area contributed by atoms with Gasteiger partial charge in [-0.3, -0.25) is 4.41 Å². The van der Waals surface area contributed by atoms with Crippen molar-refractivity contribution in [2.75, 3.05) is 14.2 Å². The van der Waals surface area contributed by atoms with Gasteiger partial charge in [-0.2, -0.15) is 0 Å². The molecule has 2 rings (SSSR count). The van der Waals surface area contributed by atoms with Gasteiger partial charge in [-0.05, 0) is 72.4 Å². The Morgan fingerprint density at radius 1 is 0.950 bits per heavy atom. The van der Waals surface area contributed by atoms with Crippen molar-refractivity contribution in [1.82, 2.24) is 0 Å². The summed E-state index contributed by atoms with van der Waals surface area (Å²) in [4.78, 5) is 0. The number of hydrogen-bond donors (Lipinski definition) is 2. The standard InChI is InChI=1S/C13H13F2N3S2/c14-10-1-5-12(6-2-10)17-19-9-20-18(16)13-7-3-11(15)4-8-13/h1-8,17H,9,16H2. The van der Waals surface area contributed by atoms with E-state index in [0.717, 1.165) is 11.4 Å². The van der Waals surface area contributed by atoms with Crippen LogP contribution in [0, 0.1) is 11.6 Å². The van der Waals surface area contributed by atoms with E-state index in [4.69, 9.17) is 5.84 Å². The Bertz CT molecular complexity index is 534. The van der Waals surface area contributed by atoms with Crippen molar-refractivity contribution in [2.45, 2.75) is 0 Å². The Labute approximate surface area is 124 Å². The van der Waals surface area contributed by atoms with Gasteiger partial charge in [0.1, 0.15) is 11.6 Å². The summed E-state index contributed by atoms with van der Waals surface area (Å²) >= 11 is 2.81. The number of halogens is 2. The molecule has 106 valence electrons. The van der Waals surface area contributed by atoms with Gasteiger partial charge in [0.05, 0.1) is 10.8 Å². The predicted octanol–water partition coefficient (Wildman–Crippen LogP) is 4.01. The molecule has 0 aromatic heterocycles. The first-order valence-corrected chi connectivity index (χ1v) is 7.64. The quantitative estimate of drug-likeness (QED) is 0.277. The summed E-state index contributed by atoms with van der Waals surface area (Å²) in [5.74, 6) is 5.27. The first kappa shape index (κ1) is 15.0. The number of hydrazine groups is 1.